The van der Waals surface area contributed by atoms with Gasteiger partial charge in [0.05, 0.1) is 0 Å². The second kappa shape index (κ2) is 3.61. The standard InChI is InChI=1S/C12H12N2O/c1-8-5-10(13)6-11(15)12(8)9-3-2-4-14-7-9/h2-7,15H,13H2,1H3. The predicted molar refractivity (Wildman–Crippen MR) is 60.5 cm³/mol. The first-order valence-electron chi connectivity index (χ1n) is 4.68. The van der Waals surface area contributed by atoms with E-state index in [0.29, 0.717) is 5.69 Å². The van der Waals surface area contributed by atoms with E-state index in [0.717, 1.165) is 16.7 Å². The van der Waals surface area contributed by atoms with Crippen molar-refractivity contribution >= 4 is 5.69 Å². The number of hydrogen-bond acceptors (Lipinski definition) is 3. The van der Waals surface area contributed by atoms with Gasteiger partial charge in [0, 0.05) is 35.3 Å². The highest BCUT2D eigenvalue weighted by Gasteiger charge is 2.08. The number of anilines is 1. The fraction of sp³-hybridized carbons (Fsp3) is 0.0833. The monoisotopic (exact) mass is 200 g/mol. The Kier molecular flexibility index (Phi) is 2.29. The Morgan fingerprint density at radius 1 is 1.33 bits per heavy atom. The largest absolute Gasteiger partial charge is 0.507 e. The number of phenolic OH excluding ortho intramolecular Hbond substituents is 1. The van der Waals surface area contributed by atoms with Crippen molar-refractivity contribution < 1.29 is 5.11 Å². The number of nitrogen functional groups attached to an aromatic ring is 1. The summed E-state index contributed by atoms with van der Waals surface area (Å²) in [7, 11) is 0. The summed E-state index contributed by atoms with van der Waals surface area (Å²) < 4.78 is 0. The highest BCUT2D eigenvalue weighted by molar-refractivity contribution is 5.75. The molecule has 0 unspecified atom stereocenters. The zero-order chi connectivity index (χ0) is 10.8. The highest BCUT2D eigenvalue weighted by atomic mass is 16.3. The van der Waals surface area contributed by atoms with Crippen LogP contribution in [0.5, 0.6) is 5.75 Å². The maximum Gasteiger partial charge on any atom is 0.125 e. The molecule has 76 valence electrons. The van der Waals surface area contributed by atoms with Gasteiger partial charge in [-0.15, -0.1) is 0 Å². The number of phenols is 1. The molecule has 3 N–H and O–H groups in total. The molecule has 0 radical (unpaired) electrons. The fourth-order valence-corrected chi connectivity index (χ4v) is 1.68. The molecule has 0 aliphatic rings. The Bertz CT molecular complexity index is 457. The average molecular weight is 200 g/mol. The molecule has 1 aromatic carbocycles. The zero-order valence-corrected chi connectivity index (χ0v) is 8.44. The van der Waals surface area contributed by atoms with E-state index in [9.17, 15) is 5.11 Å². The smallest absolute Gasteiger partial charge is 0.125 e. The Labute approximate surface area is 88.2 Å². The Morgan fingerprint density at radius 2 is 2.13 bits per heavy atom. The topological polar surface area (TPSA) is 59.1 Å². The van der Waals surface area contributed by atoms with Crippen LogP contribution in [0.1, 0.15) is 5.56 Å². The van der Waals surface area contributed by atoms with Crippen molar-refractivity contribution in [1.82, 2.24) is 4.98 Å². The van der Waals surface area contributed by atoms with Crippen molar-refractivity contribution in [2.45, 2.75) is 6.92 Å². The molecule has 3 nitrogen and oxygen atoms in total. The molecule has 0 atom stereocenters. The number of aryl methyl sites for hydroxylation is 1. The van der Waals surface area contributed by atoms with Crippen LogP contribution in [0.4, 0.5) is 5.69 Å². The summed E-state index contributed by atoms with van der Waals surface area (Å²) in [6.45, 7) is 1.92. The Balaban J connectivity index is 2.64. The maximum absolute atomic E-state index is 9.82. The van der Waals surface area contributed by atoms with Crippen molar-refractivity contribution in [2.24, 2.45) is 0 Å². The number of nitrogens with zero attached hydrogens (tertiary/aromatic N) is 1. The minimum Gasteiger partial charge on any atom is -0.507 e. The number of pyridine rings is 1. The van der Waals surface area contributed by atoms with E-state index in [1.807, 2.05) is 25.1 Å². The lowest BCUT2D eigenvalue weighted by molar-refractivity contribution is 0.477. The third kappa shape index (κ3) is 1.76. The van der Waals surface area contributed by atoms with Gasteiger partial charge in [0.2, 0.25) is 0 Å². The number of aromatic nitrogens is 1. The molecule has 2 rings (SSSR count). The van der Waals surface area contributed by atoms with Crippen molar-refractivity contribution in [3.8, 4) is 16.9 Å². The lowest BCUT2D eigenvalue weighted by Gasteiger charge is -2.09. The van der Waals surface area contributed by atoms with Crippen LogP contribution in [0, 0.1) is 6.92 Å². The van der Waals surface area contributed by atoms with Crippen molar-refractivity contribution in [3.63, 3.8) is 0 Å². The summed E-state index contributed by atoms with van der Waals surface area (Å²) in [5.74, 6) is 0.195. The van der Waals surface area contributed by atoms with E-state index in [-0.39, 0.29) is 5.75 Å². The second-order valence-electron chi connectivity index (χ2n) is 3.47. The molecule has 0 bridgehead atoms. The van der Waals surface area contributed by atoms with Gasteiger partial charge in [-0.1, -0.05) is 6.07 Å². The van der Waals surface area contributed by atoms with E-state index in [1.165, 1.54) is 0 Å². The van der Waals surface area contributed by atoms with Crippen LogP contribution >= 0.6 is 0 Å². The molecule has 0 spiro atoms. The number of benzene rings is 1. The van der Waals surface area contributed by atoms with Crippen LogP contribution in [0.3, 0.4) is 0 Å². The average Bonchev–Trinajstić information content (AvgIpc) is 2.17. The minimum absolute atomic E-state index is 0.195. The van der Waals surface area contributed by atoms with Crippen LogP contribution in [0.25, 0.3) is 11.1 Å². The highest BCUT2D eigenvalue weighted by Crippen LogP contribution is 2.33. The number of nitrogens with two attached hydrogens (primary N) is 1. The molecule has 2 aromatic rings. The molecule has 1 heterocycles. The number of aromatic hydroxyl groups is 1. The SMILES string of the molecule is Cc1cc(N)cc(O)c1-c1cccnc1. The second-order valence-corrected chi connectivity index (χ2v) is 3.47. The predicted octanol–water partition coefficient (Wildman–Crippen LogP) is 2.34. The zero-order valence-electron chi connectivity index (χ0n) is 8.44. The van der Waals surface area contributed by atoms with E-state index < -0.39 is 0 Å². The van der Waals surface area contributed by atoms with E-state index in [2.05, 4.69) is 4.98 Å². The number of rotatable bonds is 1. The quantitative estimate of drug-likeness (QED) is 0.694. The molecular weight excluding hydrogens is 188 g/mol. The third-order valence-corrected chi connectivity index (χ3v) is 2.29. The van der Waals surface area contributed by atoms with Crippen LogP contribution in [0.2, 0.25) is 0 Å². The minimum atomic E-state index is 0.195. The molecule has 0 aliphatic carbocycles. The molecule has 0 saturated carbocycles. The summed E-state index contributed by atoms with van der Waals surface area (Å²) in [4.78, 5) is 4.02. The molecule has 0 aliphatic heterocycles. The Morgan fingerprint density at radius 3 is 2.73 bits per heavy atom. The van der Waals surface area contributed by atoms with Gasteiger partial charge in [-0.2, -0.15) is 0 Å². The van der Waals surface area contributed by atoms with Crippen LogP contribution in [0.15, 0.2) is 36.7 Å². The van der Waals surface area contributed by atoms with Gasteiger partial charge in [0.1, 0.15) is 5.75 Å². The first kappa shape index (κ1) is 9.52. The normalized spacial score (nSPS) is 10.2. The lowest BCUT2D eigenvalue weighted by atomic mass is 10.0. The van der Waals surface area contributed by atoms with Gasteiger partial charge < -0.3 is 10.8 Å². The van der Waals surface area contributed by atoms with Gasteiger partial charge >= 0.3 is 0 Å². The molecule has 0 fully saturated rings. The summed E-state index contributed by atoms with van der Waals surface area (Å²) in [5, 5.41) is 9.82. The van der Waals surface area contributed by atoms with Gasteiger partial charge in [0.15, 0.2) is 0 Å². The van der Waals surface area contributed by atoms with Crippen LogP contribution in [-0.4, -0.2) is 10.1 Å². The third-order valence-electron chi connectivity index (χ3n) is 2.29. The summed E-state index contributed by atoms with van der Waals surface area (Å²) in [6.07, 6.45) is 3.42. The molecular formula is C12H12N2O. The van der Waals surface area contributed by atoms with Crippen molar-refractivity contribution in [3.05, 3.63) is 42.2 Å². The van der Waals surface area contributed by atoms with Crippen molar-refractivity contribution in [1.29, 1.82) is 0 Å². The molecule has 3 heteroatoms. The summed E-state index contributed by atoms with van der Waals surface area (Å²) >= 11 is 0. The maximum atomic E-state index is 9.82. The first-order valence-corrected chi connectivity index (χ1v) is 4.68. The van der Waals surface area contributed by atoms with Crippen LogP contribution in [-0.2, 0) is 0 Å². The molecule has 0 saturated heterocycles. The fourth-order valence-electron chi connectivity index (χ4n) is 1.68. The van der Waals surface area contributed by atoms with Crippen molar-refractivity contribution in [2.75, 3.05) is 5.73 Å². The van der Waals surface area contributed by atoms with Crippen LogP contribution < -0.4 is 5.73 Å². The van der Waals surface area contributed by atoms with Gasteiger partial charge in [-0.05, 0) is 24.6 Å². The lowest BCUT2D eigenvalue weighted by Crippen LogP contribution is -1.90. The number of hydrogen-bond donors (Lipinski definition) is 2. The van der Waals surface area contributed by atoms with E-state index in [4.69, 9.17) is 5.73 Å². The molecule has 0 amide bonds. The van der Waals surface area contributed by atoms with Gasteiger partial charge in [-0.25, -0.2) is 0 Å². The van der Waals surface area contributed by atoms with Gasteiger partial charge in [-0.3, -0.25) is 4.98 Å². The van der Waals surface area contributed by atoms with E-state index >= 15 is 0 Å². The summed E-state index contributed by atoms with van der Waals surface area (Å²) in [6, 6.07) is 7.13. The molecule has 15 heavy (non-hydrogen) atoms. The summed E-state index contributed by atoms with van der Waals surface area (Å²) in [5.41, 5.74) is 8.83. The van der Waals surface area contributed by atoms with E-state index in [1.54, 1.807) is 18.5 Å². The first-order chi connectivity index (χ1) is 7.18. The molecule has 1 aromatic heterocycles. The van der Waals surface area contributed by atoms with Gasteiger partial charge in [0.25, 0.3) is 0 Å². The Hall–Kier alpha value is -2.03.